The summed E-state index contributed by atoms with van der Waals surface area (Å²) >= 11 is 0. The topological polar surface area (TPSA) is 37.4 Å². The van der Waals surface area contributed by atoms with Crippen molar-refractivity contribution in [3.8, 4) is 0 Å². The van der Waals surface area contributed by atoms with Crippen LogP contribution in [0.25, 0.3) is 0 Å². The van der Waals surface area contributed by atoms with Gasteiger partial charge in [-0.15, -0.1) is 0 Å². The molecule has 0 aromatic heterocycles. The molecule has 1 aliphatic heterocycles. The van der Waals surface area contributed by atoms with Crippen molar-refractivity contribution in [1.29, 1.82) is 0 Å². The molecule has 24 heavy (non-hydrogen) atoms. The van der Waals surface area contributed by atoms with Crippen molar-refractivity contribution in [2.75, 3.05) is 25.4 Å². The van der Waals surface area contributed by atoms with E-state index < -0.39 is 10.8 Å². The minimum Gasteiger partial charge on any atom is -0.302 e. The van der Waals surface area contributed by atoms with E-state index in [9.17, 15) is 9.00 Å². The van der Waals surface area contributed by atoms with Gasteiger partial charge in [0.2, 0.25) is 0 Å². The molecule has 0 saturated heterocycles. The number of hydrogen-bond acceptors (Lipinski definition) is 3. The summed E-state index contributed by atoms with van der Waals surface area (Å²) in [5, 5.41) is 0. The van der Waals surface area contributed by atoms with Gasteiger partial charge in [-0.2, -0.15) is 0 Å². The first-order chi connectivity index (χ1) is 11.6. The number of carbonyl (C=O) groups excluding carboxylic acids is 1. The molecule has 126 valence electrons. The Kier molecular flexibility index (Phi) is 5.59. The molecule has 0 amide bonds. The Morgan fingerprint density at radius 3 is 2.46 bits per heavy atom. The third-order valence-corrected chi connectivity index (χ3v) is 5.96. The van der Waals surface area contributed by atoms with Crippen LogP contribution >= 0.6 is 0 Å². The van der Waals surface area contributed by atoms with Crippen molar-refractivity contribution in [2.24, 2.45) is 0 Å². The Labute approximate surface area is 146 Å². The van der Waals surface area contributed by atoms with Crippen molar-refractivity contribution in [1.82, 2.24) is 4.90 Å². The van der Waals surface area contributed by atoms with Crippen molar-refractivity contribution in [3.05, 3.63) is 65.2 Å². The standard InChI is InChI=1S/C20H23NO2S/c1-16(22)18-8-7-17-9-11-21(12-10-19(17)15-18)13-14-24(23)20-5-3-2-4-6-20/h2-8,15H,9-14H2,1H3/t24-/m0/s1. The summed E-state index contributed by atoms with van der Waals surface area (Å²) in [6.45, 7) is 4.40. The van der Waals surface area contributed by atoms with Crippen LogP contribution in [-0.4, -0.2) is 40.3 Å². The Bertz CT molecular complexity index is 743. The predicted molar refractivity (Wildman–Crippen MR) is 98.0 cm³/mol. The lowest BCUT2D eigenvalue weighted by Gasteiger charge is -2.19. The number of Topliss-reactive ketones (excluding diaryl/α,β-unsaturated/α-hetero) is 1. The molecule has 3 nitrogen and oxygen atoms in total. The van der Waals surface area contributed by atoms with E-state index in [1.54, 1.807) is 6.92 Å². The van der Waals surface area contributed by atoms with Gasteiger partial charge in [-0.1, -0.05) is 30.3 Å². The highest BCUT2D eigenvalue weighted by atomic mass is 32.2. The SMILES string of the molecule is CC(=O)c1ccc2c(c1)CCN(CC[S@](=O)c1ccccc1)CC2. The van der Waals surface area contributed by atoms with Crippen LogP contribution in [0.15, 0.2) is 53.4 Å². The number of nitrogens with zero attached hydrogens (tertiary/aromatic N) is 1. The molecule has 0 fully saturated rings. The zero-order chi connectivity index (χ0) is 16.9. The maximum Gasteiger partial charge on any atom is 0.159 e. The van der Waals surface area contributed by atoms with Gasteiger partial charge < -0.3 is 4.90 Å². The van der Waals surface area contributed by atoms with Gasteiger partial charge in [0.25, 0.3) is 0 Å². The molecule has 2 aromatic rings. The van der Waals surface area contributed by atoms with E-state index in [-0.39, 0.29) is 5.78 Å². The van der Waals surface area contributed by atoms with E-state index in [0.717, 1.165) is 42.9 Å². The highest BCUT2D eigenvalue weighted by Crippen LogP contribution is 2.18. The maximum atomic E-state index is 12.4. The molecule has 0 radical (unpaired) electrons. The van der Waals surface area contributed by atoms with Crippen LogP contribution in [0.4, 0.5) is 0 Å². The van der Waals surface area contributed by atoms with Crippen LogP contribution in [0.1, 0.15) is 28.4 Å². The molecule has 0 aliphatic carbocycles. The molecule has 0 saturated carbocycles. The van der Waals surface area contributed by atoms with Crippen molar-refractivity contribution >= 4 is 16.6 Å². The summed E-state index contributed by atoms with van der Waals surface area (Å²) in [6.07, 6.45) is 1.94. The second-order valence-electron chi connectivity index (χ2n) is 6.24. The molecule has 1 aliphatic rings. The fraction of sp³-hybridized carbons (Fsp3) is 0.350. The van der Waals surface area contributed by atoms with Gasteiger partial charge in [-0.3, -0.25) is 9.00 Å². The first-order valence-electron chi connectivity index (χ1n) is 8.42. The van der Waals surface area contributed by atoms with E-state index in [2.05, 4.69) is 11.0 Å². The lowest BCUT2D eigenvalue weighted by atomic mass is 9.99. The second-order valence-corrected chi connectivity index (χ2v) is 7.81. The Hall–Kier alpha value is -1.78. The summed E-state index contributed by atoms with van der Waals surface area (Å²) < 4.78 is 12.4. The van der Waals surface area contributed by atoms with Crippen LogP contribution in [0.2, 0.25) is 0 Å². The van der Waals surface area contributed by atoms with E-state index in [0.29, 0.717) is 5.75 Å². The van der Waals surface area contributed by atoms with Gasteiger partial charge in [0.1, 0.15) is 0 Å². The van der Waals surface area contributed by atoms with Crippen LogP contribution in [-0.2, 0) is 23.6 Å². The third kappa shape index (κ3) is 4.19. The van der Waals surface area contributed by atoms with Crippen LogP contribution in [0.3, 0.4) is 0 Å². The Morgan fingerprint density at radius 2 is 1.75 bits per heavy atom. The first kappa shape index (κ1) is 17.1. The minimum absolute atomic E-state index is 0.122. The molecule has 4 heteroatoms. The molecular formula is C20H23NO2S. The summed E-state index contributed by atoms with van der Waals surface area (Å²) in [7, 11) is -0.937. The van der Waals surface area contributed by atoms with E-state index in [1.807, 2.05) is 42.5 Å². The van der Waals surface area contributed by atoms with Crippen LogP contribution in [0.5, 0.6) is 0 Å². The zero-order valence-corrected chi connectivity index (χ0v) is 14.8. The molecule has 0 spiro atoms. The van der Waals surface area contributed by atoms with Gasteiger partial charge in [0.05, 0.1) is 10.8 Å². The monoisotopic (exact) mass is 341 g/mol. The molecule has 1 heterocycles. The molecule has 0 bridgehead atoms. The predicted octanol–water partition coefficient (Wildman–Crippen LogP) is 3.10. The fourth-order valence-corrected chi connectivity index (χ4v) is 4.24. The Balaban J connectivity index is 1.58. The number of carbonyl (C=O) groups is 1. The number of ketones is 1. The second kappa shape index (κ2) is 7.86. The zero-order valence-electron chi connectivity index (χ0n) is 14.0. The quantitative estimate of drug-likeness (QED) is 0.784. The normalized spacial score (nSPS) is 16.2. The average Bonchev–Trinajstić information content (AvgIpc) is 2.82. The van der Waals surface area contributed by atoms with E-state index >= 15 is 0 Å². The Morgan fingerprint density at radius 1 is 1.04 bits per heavy atom. The van der Waals surface area contributed by atoms with E-state index in [1.165, 1.54) is 11.1 Å². The minimum atomic E-state index is -0.937. The smallest absolute Gasteiger partial charge is 0.159 e. The number of hydrogen-bond donors (Lipinski definition) is 0. The number of benzene rings is 2. The van der Waals surface area contributed by atoms with E-state index in [4.69, 9.17) is 0 Å². The maximum absolute atomic E-state index is 12.4. The van der Waals surface area contributed by atoms with Gasteiger partial charge >= 0.3 is 0 Å². The molecule has 2 aromatic carbocycles. The molecule has 1 atom stereocenters. The first-order valence-corrected chi connectivity index (χ1v) is 9.74. The van der Waals surface area contributed by atoms with Crippen LogP contribution in [0, 0.1) is 0 Å². The van der Waals surface area contributed by atoms with Gasteiger partial charge in [0, 0.05) is 35.8 Å². The summed E-state index contributed by atoms with van der Waals surface area (Å²) in [4.78, 5) is 14.8. The van der Waals surface area contributed by atoms with Crippen molar-refractivity contribution in [3.63, 3.8) is 0 Å². The molecule has 3 rings (SSSR count). The third-order valence-electron chi connectivity index (χ3n) is 4.61. The van der Waals surface area contributed by atoms with Gasteiger partial charge in [0.15, 0.2) is 5.78 Å². The molecule has 0 unspecified atom stereocenters. The van der Waals surface area contributed by atoms with Crippen molar-refractivity contribution < 1.29 is 9.00 Å². The summed E-state index contributed by atoms with van der Waals surface area (Å²) in [5.74, 6) is 0.788. The summed E-state index contributed by atoms with van der Waals surface area (Å²) in [6, 6.07) is 15.7. The van der Waals surface area contributed by atoms with Crippen molar-refractivity contribution in [2.45, 2.75) is 24.7 Å². The number of rotatable bonds is 5. The summed E-state index contributed by atoms with van der Waals surface area (Å²) in [5.41, 5.74) is 3.42. The number of fused-ring (bicyclic) bond motifs is 1. The van der Waals surface area contributed by atoms with Gasteiger partial charge in [-0.25, -0.2) is 0 Å². The average molecular weight is 341 g/mol. The highest BCUT2D eigenvalue weighted by molar-refractivity contribution is 7.85. The molecule has 0 N–H and O–H groups in total. The lowest BCUT2D eigenvalue weighted by molar-refractivity contribution is 0.101. The largest absolute Gasteiger partial charge is 0.302 e. The van der Waals surface area contributed by atoms with Gasteiger partial charge in [-0.05, 0) is 49.1 Å². The van der Waals surface area contributed by atoms with Crippen LogP contribution < -0.4 is 0 Å². The highest BCUT2D eigenvalue weighted by Gasteiger charge is 2.16. The molecular weight excluding hydrogens is 318 g/mol. The lowest BCUT2D eigenvalue weighted by Crippen LogP contribution is -2.30. The fourth-order valence-electron chi connectivity index (χ4n) is 3.12.